The van der Waals surface area contributed by atoms with Gasteiger partial charge in [-0.2, -0.15) is 5.10 Å². The number of rotatable bonds is 6. The molecule has 25 heavy (non-hydrogen) atoms. The maximum Gasteiger partial charge on any atom is 0.123 e. The average Bonchev–Trinajstić information content (AvgIpc) is 3.35. The van der Waals surface area contributed by atoms with Gasteiger partial charge in [0.05, 0.1) is 29.9 Å². The van der Waals surface area contributed by atoms with E-state index < -0.39 is 0 Å². The zero-order chi connectivity index (χ0) is 17.2. The molecule has 0 amide bonds. The smallest absolute Gasteiger partial charge is 0.123 e. The summed E-state index contributed by atoms with van der Waals surface area (Å²) < 4.78 is 10.1. The first-order valence-electron chi connectivity index (χ1n) is 9.01. The van der Waals surface area contributed by atoms with Crippen LogP contribution in [-0.4, -0.2) is 32.5 Å². The van der Waals surface area contributed by atoms with Gasteiger partial charge >= 0.3 is 0 Å². The predicted molar refractivity (Wildman–Crippen MR) is 97.1 cm³/mol. The maximum absolute atomic E-state index is 5.97. The van der Waals surface area contributed by atoms with Crippen molar-refractivity contribution in [3.63, 3.8) is 0 Å². The van der Waals surface area contributed by atoms with E-state index in [0.717, 1.165) is 44.0 Å². The highest BCUT2D eigenvalue weighted by atomic mass is 16.5. The second-order valence-corrected chi connectivity index (χ2v) is 6.68. The van der Waals surface area contributed by atoms with Crippen molar-refractivity contribution >= 4 is 11.0 Å². The van der Waals surface area contributed by atoms with Crippen LogP contribution in [0.4, 0.5) is 0 Å². The van der Waals surface area contributed by atoms with Gasteiger partial charge in [0.25, 0.3) is 0 Å². The molecule has 1 aromatic carbocycles. The molecule has 3 aromatic rings. The Labute approximate surface area is 147 Å². The Kier molecular flexibility index (Phi) is 4.55. The van der Waals surface area contributed by atoms with Gasteiger partial charge in [0.1, 0.15) is 5.82 Å². The molecular weight excluding hydrogens is 314 g/mol. The normalized spacial score (nSPS) is 20.6. The molecule has 1 aliphatic heterocycles. The number of ether oxygens (including phenoxy) is 1. The monoisotopic (exact) mass is 339 g/mol. The van der Waals surface area contributed by atoms with Crippen LogP contribution in [0.2, 0.25) is 0 Å². The van der Waals surface area contributed by atoms with Gasteiger partial charge in [-0.05, 0) is 25.5 Å². The Morgan fingerprint density at radius 1 is 1.32 bits per heavy atom. The van der Waals surface area contributed by atoms with Crippen LogP contribution in [-0.2, 0) is 24.9 Å². The van der Waals surface area contributed by atoms with Crippen molar-refractivity contribution in [1.29, 1.82) is 0 Å². The van der Waals surface area contributed by atoms with Gasteiger partial charge in [-0.1, -0.05) is 12.1 Å². The molecule has 1 aliphatic rings. The molecule has 1 fully saturated rings. The Hall–Kier alpha value is -2.18. The van der Waals surface area contributed by atoms with Crippen LogP contribution in [0.25, 0.3) is 11.0 Å². The molecule has 1 N–H and O–H groups in total. The van der Waals surface area contributed by atoms with Crippen molar-refractivity contribution in [2.24, 2.45) is 13.0 Å². The Balaban J connectivity index is 1.39. The zero-order valence-corrected chi connectivity index (χ0v) is 14.9. The lowest BCUT2D eigenvalue weighted by atomic mass is 9.97. The molecule has 0 radical (unpaired) electrons. The highest BCUT2D eigenvalue weighted by molar-refractivity contribution is 5.75. The zero-order valence-electron chi connectivity index (χ0n) is 14.9. The topological polar surface area (TPSA) is 56.9 Å². The van der Waals surface area contributed by atoms with Gasteiger partial charge in [0, 0.05) is 44.4 Å². The average molecular weight is 339 g/mol. The molecule has 6 nitrogen and oxygen atoms in total. The van der Waals surface area contributed by atoms with Crippen molar-refractivity contribution in [3.05, 3.63) is 48.0 Å². The van der Waals surface area contributed by atoms with Crippen molar-refractivity contribution in [2.45, 2.75) is 32.5 Å². The van der Waals surface area contributed by atoms with Crippen LogP contribution in [0.15, 0.2) is 36.7 Å². The summed E-state index contributed by atoms with van der Waals surface area (Å²) in [6, 6.07) is 8.25. The van der Waals surface area contributed by atoms with Gasteiger partial charge in [-0.3, -0.25) is 4.68 Å². The number of para-hydroxylation sites is 2. The Morgan fingerprint density at radius 3 is 3.00 bits per heavy atom. The molecule has 0 spiro atoms. The van der Waals surface area contributed by atoms with Crippen molar-refractivity contribution in [3.8, 4) is 0 Å². The van der Waals surface area contributed by atoms with E-state index in [-0.39, 0.29) is 6.10 Å². The lowest BCUT2D eigenvalue weighted by Gasteiger charge is -2.17. The summed E-state index contributed by atoms with van der Waals surface area (Å²) >= 11 is 0. The van der Waals surface area contributed by atoms with E-state index in [4.69, 9.17) is 9.72 Å². The van der Waals surface area contributed by atoms with Crippen LogP contribution >= 0.6 is 0 Å². The van der Waals surface area contributed by atoms with Crippen molar-refractivity contribution in [1.82, 2.24) is 24.6 Å². The minimum atomic E-state index is 0.147. The molecule has 6 heteroatoms. The molecule has 2 atom stereocenters. The number of nitrogens with one attached hydrogen (secondary N) is 1. The number of hydrogen-bond acceptors (Lipinski definition) is 4. The second kappa shape index (κ2) is 6.98. The predicted octanol–water partition coefficient (Wildman–Crippen LogP) is 2.66. The molecule has 0 unspecified atom stereocenters. The van der Waals surface area contributed by atoms with Gasteiger partial charge in [-0.25, -0.2) is 4.98 Å². The van der Waals surface area contributed by atoms with Gasteiger partial charge in [0.2, 0.25) is 0 Å². The highest BCUT2D eigenvalue weighted by Crippen LogP contribution is 2.33. The number of fused-ring (bicyclic) bond motifs is 1. The molecule has 0 saturated carbocycles. The molecule has 0 bridgehead atoms. The van der Waals surface area contributed by atoms with Crippen LogP contribution in [0, 0.1) is 5.92 Å². The maximum atomic E-state index is 5.97. The van der Waals surface area contributed by atoms with Gasteiger partial charge in [-0.15, -0.1) is 0 Å². The number of hydrogen-bond donors (Lipinski definition) is 1. The van der Waals surface area contributed by atoms with Gasteiger partial charge < -0.3 is 14.6 Å². The lowest BCUT2D eigenvalue weighted by molar-refractivity contribution is 0.0903. The van der Waals surface area contributed by atoms with E-state index in [1.807, 2.05) is 16.9 Å². The first-order chi connectivity index (χ1) is 12.3. The fourth-order valence-corrected chi connectivity index (χ4v) is 3.63. The first-order valence-corrected chi connectivity index (χ1v) is 9.01. The van der Waals surface area contributed by atoms with Crippen LogP contribution in [0.1, 0.15) is 30.8 Å². The number of nitrogens with zero attached hydrogens (tertiary/aromatic N) is 4. The fraction of sp³-hybridized carbons (Fsp3) is 0.474. The lowest BCUT2D eigenvalue weighted by Crippen LogP contribution is -2.25. The Morgan fingerprint density at radius 2 is 2.20 bits per heavy atom. The van der Waals surface area contributed by atoms with E-state index in [1.165, 1.54) is 11.1 Å². The summed E-state index contributed by atoms with van der Waals surface area (Å²) in [5.41, 5.74) is 3.41. The van der Waals surface area contributed by atoms with Crippen LogP contribution in [0.3, 0.4) is 0 Å². The molecule has 3 heterocycles. The molecule has 132 valence electrons. The highest BCUT2D eigenvalue weighted by Gasteiger charge is 2.30. The summed E-state index contributed by atoms with van der Waals surface area (Å²) in [5.74, 6) is 1.54. The molecule has 0 aliphatic carbocycles. The van der Waals surface area contributed by atoms with E-state index >= 15 is 0 Å². The minimum absolute atomic E-state index is 0.147. The fourth-order valence-electron chi connectivity index (χ4n) is 3.63. The minimum Gasteiger partial charge on any atom is -0.373 e. The van der Waals surface area contributed by atoms with Crippen LogP contribution in [0.5, 0.6) is 0 Å². The van der Waals surface area contributed by atoms with E-state index in [9.17, 15) is 0 Å². The molecule has 4 rings (SSSR count). The number of benzene rings is 1. The third-order valence-electron chi connectivity index (χ3n) is 5.09. The molecule has 1 saturated heterocycles. The summed E-state index contributed by atoms with van der Waals surface area (Å²) in [7, 11) is 2.08. The summed E-state index contributed by atoms with van der Waals surface area (Å²) in [4.78, 5) is 4.72. The van der Waals surface area contributed by atoms with Crippen molar-refractivity contribution in [2.75, 3.05) is 13.2 Å². The summed E-state index contributed by atoms with van der Waals surface area (Å²) in [6.07, 6.45) is 5.28. The Bertz CT molecular complexity index is 852. The summed E-state index contributed by atoms with van der Waals surface area (Å²) in [6.45, 7) is 5.50. The van der Waals surface area contributed by atoms with E-state index in [2.05, 4.69) is 53.3 Å². The largest absolute Gasteiger partial charge is 0.373 e. The first kappa shape index (κ1) is 16.3. The van der Waals surface area contributed by atoms with E-state index in [0.29, 0.717) is 5.92 Å². The van der Waals surface area contributed by atoms with Gasteiger partial charge in [0.15, 0.2) is 0 Å². The quantitative estimate of drug-likeness (QED) is 0.750. The van der Waals surface area contributed by atoms with Crippen LogP contribution < -0.4 is 5.32 Å². The summed E-state index contributed by atoms with van der Waals surface area (Å²) in [5, 5.41) is 7.96. The third kappa shape index (κ3) is 3.19. The number of imidazole rings is 1. The van der Waals surface area contributed by atoms with E-state index in [1.54, 1.807) is 0 Å². The van der Waals surface area contributed by atoms with Crippen molar-refractivity contribution < 1.29 is 4.74 Å². The number of aryl methyl sites for hydroxylation is 2. The molecular formula is C19H25N5O. The molecule has 2 aromatic heterocycles. The SMILES string of the molecule is CCn1cc([C@H]2OCC[C@H]2CNCc2nc3ccccc3n2C)cn1. The second-order valence-electron chi connectivity index (χ2n) is 6.68. The number of aromatic nitrogens is 4. The standard InChI is InChI=1S/C19H25N5O/c1-3-24-13-15(11-21-24)19-14(8-9-25-19)10-20-12-18-22-16-6-4-5-7-17(16)23(18)2/h4-7,11,13-14,19-20H,3,8-10,12H2,1-2H3/t14-,19-/m0/s1. The third-order valence-corrected chi connectivity index (χ3v) is 5.09.